The number of fused-ring (bicyclic) bond motifs is 8. The first-order valence-corrected chi connectivity index (χ1v) is 12.8. The van der Waals surface area contributed by atoms with Gasteiger partial charge in [-0.25, -0.2) is 15.0 Å². The van der Waals surface area contributed by atoms with Crippen molar-refractivity contribution in [2.45, 2.75) is 0 Å². The topological polar surface area (TPSA) is 100 Å². The molecule has 9 heteroatoms. The van der Waals surface area contributed by atoms with Gasteiger partial charge in [-0.1, -0.05) is 0 Å². The van der Waals surface area contributed by atoms with Crippen LogP contribution >= 0.6 is 0 Å². The smallest absolute Gasteiger partial charge is 0.138 e. The predicted molar refractivity (Wildman–Crippen MR) is 155 cm³/mol. The molecule has 0 aliphatic carbocycles. The van der Waals surface area contributed by atoms with Crippen LogP contribution in [0.5, 0.6) is 0 Å². The summed E-state index contributed by atoms with van der Waals surface area (Å²) in [5.74, 6) is 1.54. The van der Waals surface area contributed by atoms with Crippen molar-refractivity contribution in [1.82, 2.24) is 44.0 Å². The SMILES string of the molecule is c1cnc2ccc(-n3c4cccnc4c4nc5c6ncccc6n(-c6ccc7ncccc7n6)c5cc43)nc2c1. The lowest BCUT2D eigenvalue weighted by Crippen LogP contribution is -2.00. The zero-order valence-electron chi connectivity index (χ0n) is 20.8. The normalized spacial score (nSPS) is 12.0. The molecule has 0 aromatic carbocycles. The van der Waals surface area contributed by atoms with Crippen molar-refractivity contribution in [2.75, 3.05) is 0 Å². The lowest BCUT2D eigenvalue weighted by Gasteiger charge is -2.09. The molecule has 0 aliphatic rings. The Hall–Kier alpha value is -5.83. The Bertz CT molecular complexity index is 2290. The molecule has 0 saturated carbocycles. The highest BCUT2D eigenvalue weighted by Gasteiger charge is 2.21. The average Bonchev–Trinajstić information content (AvgIpc) is 3.51. The summed E-state index contributed by atoms with van der Waals surface area (Å²) in [5, 5.41) is 0. The summed E-state index contributed by atoms with van der Waals surface area (Å²) in [6, 6.07) is 25.8. The van der Waals surface area contributed by atoms with E-state index >= 15 is 0 Å². The number of hydrogen-bond donors (Lipinski definition) is 0. The van der Waals surface area contributed by atoms with Crippen LogP contribution in [0.4, 0.5) is 0 Å². The second-order valence-electron chi connectivity index (χ2n) is 9.56. The van der Waals surface area contributed by atoms with Crippen LogP contribution in [0.3, 0.4) is 0 Å². The fourth-order valence-corrected chi connectivity index (χ4v) is 5.60. The van der Waals surface area contributed by atoms with E-state index in [9.17, 15) is 0 Å². The van der Waals surface area contributed by atoms with Crippen molar-refractivity contribution in [2.24, 2.45) is 0 Å². The molecule has 0 unspecified atom stereocenters. The van der Waals surface area contributed by atoms with Crippen LogP contribution in [-0.2, 0) is 0 Å². The molecule has 9 aromatic rings. The van der Waals surface area contributed by atoms with Gasteiger partial charge in [-0.3, -0.25) is 29.1 Å². The van der Waals surface area contributed by atoms with Gasteiger partial charge in [0.25, 0.3) is 0 Å². The number of nitrogens with zero attached hydrogens (tertiary/aromatic N) is 9. The van der Waals surface area contributed by atoms with E-state index in [1.807, 2.05) is 72.8 Å². The molecule has 9 heterocycles. The molecule has 0 aliphatic heterocycles. The first kappa shape index (κ1) is 21.1. The molecule has 0 radical (unpaired) electrons. The van der Waals surface area contributed by atoms with E-state index in [0.717, 1.165) is 77.8 Å². The van der Waals surface area contributed by atoms with E-state index in [1.54, 1.807) is 24.8 Å². The monoisotopic (exact) mass is 515 g/mol. The Balaban J connectivity index is 1.43. The quantitative estimate of drug-likeness (QED) is 0.280. The Labute approximate surface area is 225 Å². The van der Waals surface area contributed by atoms with Crippen LogP contribution in [0.1, 0.15) is 0 Å². The van der Waals surface area contributed by atoms with Gasteiger partial charge in [0.1, 0.15) is 33.7 Å². The van der Waals surface area contributed by atoms with E-state index in [2.05, 4.69) is 25.2 Å². The minimum atomic E-state index is 0.769. The maximum absolute atomic E-state index is 5.20. The molecule has 0 fully saturated rings. The Morgan fingerprint density at radius 3 is 1.38 bits per heavy atom. The fourth-order valence-electron chi connectivity index (χ4n) is 5.60. The van der Waals surface area contributed by atoms with E-state index < -0.39 is 0 Å². The third-order valence-corrected chi connectivity index (χ3v) is 7.31. The van der Waals surface area contributed by atoms with Crippen molar-refractivity contribution in [3.8, 4) is 11.6 Å². The first-order valence-electron chi connectivity index (χ1n) is 12.8. The van der Waals surface area contributed by atoms with E-state index in [1.165, 1.54) is 0 Å². The van der Waals surface area contributed by atoms with E-state index in [0.29, 0.717) is 0 Å². The van der Waals surface area contributed by atoms with Gasteiger partial charge in [-0.2, -0.15) is 0 Å². The summed E-state index contributed by atoms with van der Waals surface area (Å²) in [7, 11) is 0. The van der Waals surface area contributed by atoms with Crippen molar-refractivity contribution in [3.05, 3.63) is 104 Å². The summed E-state index contributed by atoms with van der Waals surface area (Å²) in [6.45, 7) is 0. The maximum atomic E-state index is 5.20. The van der Waals surface area contributed by atoms with Crippen LogP contribution in [0.2, 0.25) is 0 Å². The summed E-state index contributed by atoms with van der Waals surface area (Å²) in [5.41, 5.74) is 10.1. The van der Waals surface area contributed by atoms with Gasteiger partial charge in [0.15, 0.2) is 0 Å². The molecule has 0 atom stereocenters. The van der Waals surface area contributed by atoms with Gasteiger partial charge in [-0.15, -0.1) is 0 Å². The van der Waals surface area contributed by atoms with Gasteiger partial charge in [0.2, 0.25) is 0 Å². The minimum Gasteiger partial charge on any atom is -0.290 e. The molecule has 0 bridgehead atoms. The van der Waals surface area contributed by atoms with Crippen molar-refractivity contribution >= 4 is 66.2 Å². The predicted octanol–water partition coefficient (Wildman–Crippen LogP) is 5.95. The third kappa shape index (κ3) is 2.88. The standard InChI is InChI=1S/C31H17N9/c1-5-20-18(32-13-1)9-11-26(36-20)39-22-7-3-15-34-28(22)30-24(39)17-25-31(38-30)29-23(8-4-16-35-29)40(25)27-12-10-19-21(37-27)6-2-14-33-19/h1-17H. The van der Waals surface area contributed by atoms with E-state index in [4.69, 9.17) is 24.9 Å². The van der Waals surface area contributed by atoms with Gasteiger partial charge in [-0.05, 0) is 78.9 Å². The molecule has 9 rings (SSSR count). The average molecular weight is 516 g/mol. The van der Waals surface area contributed by atoms with Crippen LogP contribution in [0.25, 0.3) is 77.8 Å². The number of pyridine rings is 7. The van der Waals surface area contributed by atoms with Crippen molar-refractivity contribution in [1.29, 1.82) is 0 Å². The molecular formula is C31H17N9. The van der Waals surface area contributed by atoms with Crippen LogP contribution in [0, 0.1) is 0 Å². The minimum absolute atomic E-state index is 0.769. The van der Waals surface area contributed by atoms with E-state index in [-0.39, 0.29) is 0 Å². The molecule has 9 aromatic heterocycles. The molecule has 0 saturated heterocycles. The Kier molecular flexibility index (Phi) is 4.14. The van der Waals surface area contributed by atoms with Crippen molar-refractivity contribution in [3.63, 3.8) is 0 Å². The summed E-state index contributed by atoms with van der Waals surface area (Å²) >= 11 is 0. The Morgan fingerprint density at radius 2 is 0.850 bits per heavy atom. The van der Waals surface area contributed by atoms with Gasteiger partial charge >= 0.3 is 0 Å². The number of rotatable bonds is 2. The molecular weight excluding hydrogens is 498 g/mol. The Morgan fingerprint density at radius 1 is 0.375 bits per heavy atom. The summed E-state index contributed by atoms with van der Waals surface area (Å²) in [4.78, 5) is 33.5. The largest absolute Gasteiger partial charge is 0.290 e. The number of hydrogen-bond acceptors (Lipinski definition) is 7. The molecule has 40 heavy (non-hydrogen) atoms. The lowest BCUT2D eigenvalue weighted by atomic mass is 10.3. The van der Waals surface area contributed by atoms with Gasteiger partial charge < -0.3 is 0 Å². The molecule has 9 nitrogen and oxygen atoms in total. The van der Waals surface area contributed by atoms with Gasteiger partial charge in [0, 0.05) is 24.8 Å². The second-order valence-corrected chi connectivity index (χ2v) is 9.56. The summed E-state index contributed by atoms with van der Waals surface area (Å²) in [6.07, 6.45) is 7.14. The zero-order chi connectivity index (χ0) is 26.2. The molecule has 0 amide bonds. The zero-order valence-corrected chi connectivity index (χ0v) is 20.8. The van der Waals surface area contributed by atoms with Crippen LogP contribution in [0.15, 0.2) is 104 Å². The van der Waals surface area contributed by atoms with Crippen molar-refractivity contribution < 1.29 is 0 Å². The maximum Gasteiger partial charge on any atom is 0.138 e. The second kappa shape index (κ2) is 7.84. The molecule has 0 spiro atoms. The van der Waals surface area contributed by atoms with Crippen LogP contribution in [-0.4, -0.2) is 44.0 Å². The third-order valence-electron chi connectivity index (χ3n) is 7.31. The fraction of sp³-hybridized carbons (Fsp3) is 0. The summed E-state index contributed by atoms with van der Waals surface area (Å²) < 4.78 is 4.23. The molecule has 186 valence electrons. The van der Waals surface area contributed by atoms with Crippen LogP contribution < -0.4 is 0 Å². The number of aromatic nitrogens is 9. The highest BCUT2D eigenvalue weighted by atomic mass is 15.1. The highest BCUT2D eigenvalue weighted by Crippen LogP contribution is 2.36. The van der Waals surface area contributed by atoms with Gasteiger partial charge in [0.05, 0.1) is 44.1 Å². The molecule has 0 N–H and O–H groups in total. The first-order chi connectivity index (χ1) is 19.8. The lowest BCUT2D eigenvalue weighted by molar-refractivity contribution is 1.08. The highest BCUT2D eigenvalue weighted by molar-refractivity contribution is 6.13.